The predicted molar refractivity (Wildman–Crippen MR) is 108 cm³/mol. The molecule has 1 unspecified atom stereocenters. The lowest BCUT2D eigenvalue weighted by Gasteiger charge is -2.19. The van der Waals surface area contributed by atoms with E-state index in [4.69, 9.17) is 9.47 Å². The summed E-state index contributed by atoms with van der Waals surface area (Å²) in [7, 11) is 0. The highest BCUT2D eigenvalue weighted by Crippen LogP contribution is 2.32. The van der Waals surface area contributed by atoms with Gasteiger partial charge in [-0.2, -0.15) is 13.2 Å². The van der Waals surface area contributed by atoms with Gasteiger partial charge in [-0.05, 0) is 61.5 Å². The minimum Gasteiger partial charge on any atom is -0.457 e. The number of rotatable bonds is 8. The molecule has 3 rings (SSSR count). The molecule has 3 aromatic carbocycles. The van der Waals surface area contributed by atoms with Crippen LogP contribution in [0.2, 0.25) is 0 Å². The first-order chi connectivity index (χ1) is 14.4. The fourth-order valence-corrected chi connectivity index (χ4v) is 2.75. The molecule has 0 saturated heterocycles. The number of carbonyl (C=O) groups excluding carboxylic acids is 1. The van der Waals surface area contributed by atoms with Crippen LogP contribution in [0, 0.1) is 0 Å². The maximum atomic E-state index is 12.8. The second-order valence-corrected chi connectivity index (χ2v) is 6.36. The second-order valence-electron chi connectivity index (χ2n) is 6.36. The monoisotopic (exact) mass is 415 g/mol. The Morgan fingerprint density at radius 2 is 1.63 bits per heavy atom. The van der Waals surface area contributed by atoms with E-state index in [-0.39, 0.29) is 11.5 Å². The molecule has 0 saturated carbocycles. The lowest BCUT2D eigenvalue weighted by molar-refractivity contribution is -0.137. The van der Waals surface area contributed by atoms with Crippen molar-refractivity contribution in [3.63, 3.8) is 0 Å². The number of hydrogen-bond donors (Lipinski definition) is 1. The van der Waals surface area contributed by atoms with E-state index in [2.05, 4.69) is 5.32 Å². The number of ether oxygens (including phenoxy) is 2. The summed E-state index contributed by atoms with van der Waals surface area (Å²) >= 11 is 0. The zero-order valence-electron chi connectivity index (χ0n) is 16.1. The molecular formula is C23H20F3NO3. The van der Waals surface area contributed by atoms with Gasteiger partial charge in [-0.1, -0.05) is 24.3 Å². The van der Waals surface area contributed by atoms with Crippen LogP contribution < -0.4 is 10.1 Å². The van der Waals surface area contributed by atoms with Gasteiger partial charge in [0.1, 0.15) is 11.5 Å². The fraction of sp³-hybridized carbons (Fsp3) is 0.174. The van der Waals surface area contributed by atoms with Crippen molar-refractivity contribution in [1.29, 1.82) is 0 Å². The number of ketones is 1. The molecular weight excluding hydrogens is 395 g/mol. The molecule has 4 nitrogen and oxygen atoms in total. The van der Waals surface area contributed by atoms with Gasteiger partial charge in [-0.25, -0.2) is 0 Å². The molecule has 156 valence electrons. The quantitative estimate of drug-likeness (QED) is 0.354. The molecule has 1 atom stereocenters. The molecule has 0 aliphatic heterocycles. The lowest BCUT2D eigenvalue weighted by atomic mass is 10.1. The maximum Gasteiger partial charge on any atom is 0.416 e. The Kier molecular flexibility index (Phi) is 6.74. The smallest absolute Gasteiger partial charge is 0.416 e. The minimum absolute atomic E-state index is 0.0573. The van der Waals surface area contributed by atoms with Gasteiger partial charge in [0.05, 0.1) is 5.56 Å². The third kappa shape index (κ3) is 5.61. The van der Waals surface area contributed by atoms with Crippen molar-refractivity contribution in [3.8, 4) is 11.5 Å². The molecule has 7 heteroatoms. The molecule has 30 heavy (non-hydrogen) atoms. The van der Waals surface area contributed by atoms with E-state index in [0.717, 1.165) is 17.8 Å². The number of hydrogen-bond acceptors (Lipinski definition) is 4. The van der Waals surface area contributed by atoms with Crippen molar-refractivity contribution < 1.29 is 27.4 Å². The van der Waals surface area contributed by atoms with Gasteiger partial charge in [-0.15, -0.1) is 0 Å². The highest BCUT2D eigenvalue weighted by molar-refractivity contribution is 6.00. The Morgan fingerprint density at radius 1 is 0.933 bits per heavy atom. The number of alkyl halides is 3. The zero-order valence-corrected chi connectivity index (χ0v) is 16.1. The van der Waals surface area contributed by atoms with E-state index in [1.165, 1.54) is 24.3 Å². The lowest BCUT2D eigenvalue weighted by Crippen LogP contribution is -2.32. The summed E-state index contributed by atoms with van der Waals surface area (Å²) in [6, 6.07) is 20.0. The van der Waals surface area contributed by atoms with Gasteiger partial charge in [0.15, 0.2) is 6.23 Å². The standard InChI is InChI=1S/C23H20F3NO3/c1-2-29-22(27-18-8-4-3-5-9-18)21(28)16-11-13-19(14-12-16)30-20-10-6-7-17(15-20)23(24,25)26/h3-15,22,27H,2H2,1H3. The van der Waals surface area contributed by atoms with Crippen LogP contribution in [0.1, 0.15) is 22.8 Å². The molecule has 3 aromatic rings. The van der Waals surface area contributed by atoms with E-state index >= 15 is 0 Å². The second kappa shape index (κ2) is 9.45. The van der Waals surface area contributed by atoms with Gasteiger partial charge in [0, 0.05) is 17.9 Å². The normalized spacial score (nSPS) is 12.3. The summed E-state index contributed by atoms with van der Waals surface area (Å²) in [6.45, 7) is 2.13. The maximum absolute atomic E-state index is 12.8. The highest BCUT2D eigenvalue weighted by atomic mass is 19.4. The third-order valence-corrected chi connectivity index (χ3v) is 4.18. The van der Waals surface area contributed by atoms with Crippen LogP contribution in [0.3, 0.4) is 0 Å². The first kappa shape index (κ1) is 21.4. The summed E-state index contributed by atoms with van der Waals surface area (Å²) < 4.78 is 49.5. The van der Waals surface area contributed by atoms with Gasteiger partial charge >= 0.3 is 6.18 Å². The molecule has 1 N–H and O–H groups in total. The molecule has 0 bridgehead atoms. The average molecular weight is 415 g/mol. The highest BCUT2D eigenvalue weighted by Gasteiger charge is 2.30. The molecule has 0 amide bonds. The molecule has 0 spiro atoms. The predicted octanol–water partition coefficient (Wildman–Crippen LogP) is 6.16. The number of nitrogens with one attached hydrogen (secondary N) is 1. The molecule has 0 aliphatic carbocycles. The molecule has 0 aliphatic rings. The van der Waals surface area contributed by atoms with Gasteiger partial charge in [0.2, 0.25) is 5.78 Å². The molecule has 0 radical (unpaired) electrons. The zero-order chi connectivity index (χ0) is 21.6. The minimum atomic E-state index is -4.45. The van der Waals surface area contributed by atoms with Crippen molar-refractivity contribution in [2.24, 2.45) is 0 Å². The van der Waals surface area contributed by atoms with E-state index in [9.17, 15) is 18.0 Å². The van der Waals surface area contributed by atoms with Crippen LogP contribution in [0.15, 0.2) is 78.9 Å². The van der Waals surface area contributed by atoms with E-state index in [1.54, 1.807) is 19.1 Å². The van der Waals surface area contributed by atoms with E-state index in [0.29, 0.717) is 17.9 Å². The Bertz CT molecular complexity index is 973. The third-order valence-electron chi connectivity index (χ3n) is 4.18. The van der Waals surface area contributed by atoms with Crippen LogP contribution >= 0.6 is 0 Å². The topological polar surface area (TPSA) is 47.6 Å². The van der Waals surface area contributed by atoms with Gasteiger partial charge in [0.25, 0.3) is 0 Å². The summed E-state index contributed by atoms with van der Waals surface area (Å²) in [5.74, 6) is 0.100. The van der Waals surface area contributed by atoms with Crippen molar-refractivity contribution in [2.45, 2.75) is 19.3 Å². The fourth-order valence-electron chi connectivity index (χ4n) is 2.75. The van der Waals surface area contributed by atoms with Crippen LogP contribution in [-0.2, 0) is 10.9 Å². The Balaban J connectivity index is 1.71. The molecule has 0 fully saturated rings. The van der Waals surface area contributed by atoms with Crippen molar-refractivity contribution in [2.75, 3.05) is 11.9 Å². The van der Waals surface area contributed by atoms with Crippen molar-refractivity contribution in [3.05, 3.63) is 90.0 Å². The summed E-state index contributed by atoms with van der Waals surface area (Å²) in [6.07, 6.45) is -5.32. The first-order valence-corrected chi connectivity index (χ1v) is 9.29. The summed E-state index contributed by atoms with van der Waals surface area (Å²) in [5, 5.41) is 3.04. The molecule has 0 heterocycles. The largest absolute Gasteiger partial charge is 0.457 e. The summed E-state index contributed by atoms with van der Waals surface area (Å²) in [4.78, 5) is 12.8. The number of halogens is 3. The Morgan fingerprint density at radius 3 is 2.27 bits per heavy atom. The van der Waals surface area contributed by atoms with Crippen LogP contribution in [0.5, 0.6) is 11.5 Å². The number of benzene rings is 3. The van der Waals surface area contributed by atoms with E-state index in [1.807, 2.05) is 30.3 Å². The van der Waals surface area contributed by atoms with Gasteiger partial charge in [-0.3, -0.25) is 4.79 Å². The Hall–Kier alpha value is -3.32. The number of para-hydroxylation sites is 1. The SMILES string of the molecule is CCOC(Nc1ccccc1)C(=O)c1ccc(Oc2cccc(C(F)(F)F)c2)cc1. The van der Waals surface area contributed by atoms with Crippen LogP contribution in [0.4, 0.5) is 18.9 Å². The van der Waals surface area contributed by atoms with Crippen molar-refractivity contribution in [1.82, 2.24) is 0 Å². The number of anilines is 1. The summed E-state index contributed by atoms with van der Waals surface area (Å²) in [5.41, 5.74) is 0.334. The first-order valence-electron chi connectivity index (χ1n) is 9.29. The number of Topliss-reactive ketones (excluding diaryl/α,β-unsaturated/α-hetero) is 1. The Labute approximate surface area is 172 Å². The molecule has 0 aromatic heterocycles. The van der Waals surface area contributed by atoms with Crippen molar-refractivity contribution >= 4 is 11.5 Å². The van der Waals surface area contributed by atoms with Gasteiger partial charge < -0.3 is 14.8 Å². The average Bonchev–Trinajstić information content (AvgIpc) is 2.74. The van der Waals surface area contributed by atoms with E-state index < -0.39 is 18.0 Å². The van der Waals surface area contributed by atoms with Crippen LogP contribution in [-0.4, -0.2) is 18.6 Å². The van der Waals surface area contributed by atoms with Crippen LogP contribution in [0.25, 0.3) is 0 Å². The number of carbonyl (C=O) groups is 1.